The maximum Gasteiger partial charge on any atom is 0.231 e. The molecular formula is C14H16N2O2S. The van der Waals surface area contributed by atoms with Gasteiger partial charge in [-0.05, 0) is 11.1 Å². The summed E-state index contributed by atoms with van der Waals surface area (Å²) in [6.07, 6.45) is 0. The second-order valence-corrected chi connectivity index (χ2v) is 6.19. The highest BCUT2D eigenvalue weighted by Gasteiger charge is 2.19. The van der Waals surface area contributed by atoms with Crippen molar-refractivity contribution in [1.82, 2.24) is 4.41 Å². The van der Waals surface area contributed by atoms with Crippen LogP contribution in [0, 0.1) is 0 Å². The second kappa shape index (κ2) is 5.97. The molecule has 19 heavy (non-hydrogen) atoms. The summed E-state index contributed by atoms with van der Waals surface area (Å²) in [5, 5.41) is 0. The average Bonchev–Trinajstić information content (AvgIpc) is 2.40. The molecule has 0 heterocycles. The number of nitrogens with two attached hydrogens (primary N) is 1. The molecule has 0 saturated carbocycles. The van der Waals surface area contributed by atoms with E-state index in [1.807, 2.05) is 48.5 Å². The van der Waals surface area contributed by atoms with Gasteiger partial charge < -0.3 is 0 Å². The minimum absolute atomic E-state index is 0.0861. The SMILES string of the molecule is NN(Cc1ccccc1)S(=O)(=O)Cc1ccccc1. The molecule has 2 rings (SSSR count). The molecule has 0 bridgehead atoms. The van der Waals surface area contributed by atoms with Gasteiger partial charge in [0, 0.05) is 0 Å². The van der Waals surface area contributed by atoms with E-state index in [-0.39, 0.29) is 12.3 Å². The molecule has 0 aliphatic rings. The van der Waals surface area contributed by atoms with Gasteiger partial charge in [0.2, 0.25) is 10.0 Å². The van der Waals surface area contributed by atoms with Crippen LogP contribution in [0.4, 0.5) is 0 Å². The molecule has 2 aromatic rings. The van der Waals surface area contributed by atoms with Crippen LogP contribution in [0.2, 0.25) is 0 Å². The van der Waals surface area contributed by atoms with E-state index in [0.29, 0.717) is 0 Å². The van der Waals surface area contributed by atoms with Crippen LogP contribution < -0.4 is 5.84 Å². The number of hydrogen-bond acceptors (Lipinski definition) is 3. The highest BCUT2D eigenvalue weighted by molar-refractivity contribution is 7.88. The summed E-state index contributed by atoms with van der Waals surface area (Å²) >= 11 is 0. The second-order valence-electron chi connectivity index (χ2n) is 4.27. The van der Waals surface area contributed by atoms with Crippen LogP contribution in [-0.4, -0.2) is 12.8 Å². The molecule has 0 aliphatic heterocycles. The fourth-order valence-electron chi connectivity index (χ4n) is 1.73. The third kappa shape index (κ3) is 3.89. The van der Waals surface area contributed by atoms with E-state index in [4.69, 9.17) is 5.84 Å². The first kappa shape index (κ1) is 13.7. The molecule has 100 valence electrons. The standard InChI is InChI=1S/C14H16N2O2S/c15-16(11-13-7-3-1-4-8-13)19(17,18)12-14-9-5-2-6-10-14/h1-10H,11-12,15H2. The predicted molar refractivity (Wildman–Crippen MR) is 75.2 cm³/mol. The van der Waals surface area contributed by atoms with Gasteiger partial charge in [-0.3, -0.25) is 5.84 Å². The Bertz CT molecular complexity index is 612. The topological polar surface area (TPSA) is 63.4 Å². The van der Waals surface area contributed by atoms with E-state index in [0.717, 1.165) is 15.5 Å². The molecule has 4 nitrogen and oxygen atoms in total. The zero-order chi connectivity index (χ0) is 13.7. The number of nitrogens with zero attached hydrogens (tertiary/aromatic N) is 1. The molecule has 2 N–H and O–H groups in total. The lowest BCUT2D eigenvalue weighted by atomic mass is 10.2. The average molecular weight is 276 g/mol. The summed E-state index contributed by atoms with van der Waals surface area (Å²) in [4.78, 5) is 0. The minimum atomic E-state index is -3.50. The Kier molecular flexibility index (Phi) is 4.31. The van der Waals surface area contributed by atoms with Gasteiger partial charge in [-0.15, -0.1) is 4.41 Å². The maximum atomic E-state index is 12.1. The monoisotopic (exact) mass is 276 g/mol. The first-order valence-corrected chi connectivity index (χ1v) is 7.52. The number of hydrazine groups is 1. The van der Waals surface area contributed by atoms with Crippen molar-refractivity contribution in [3.8, 4) is 0 Å². The largest absolute Gasteiger partial charge is 0.255 e. The van der Waals surface area contributed by atoms with Gasteiger partial charge in [0.1, 0.15) is 0 Å². The van der Waals surface area contributed by atoms with Gasteiger partial charge in [0.25, 0.3) is 0 Å². The van der Waals surface area contributed by atoms with Crippen molar-refractivity contribution < 1.29 is 8.42 Å². The van der Waals surface area contributed by atoms with E-state index in [2.05, 4.69) is 0 Å². The van der Waals surface area contributed by atoms with Crippen LogP contribution in [0.5, 0.6) is 0 Å². The van der Waals surface area contributed by atoms with Crippen LogP contribution >= 0.6 is 0 Å². The Labute approximate surface area is 113 Å². The smallest absolute Gasteiger partial charge is 0.231 e. The number of rotatable bonds is 5. The van der Waals surface area contributed by atoms with Crippen LogP contribution in [-0.2, 0) is 22.3 Å². The Balaban J connectivity index is 2.07. The van der Waals surface area contributed by atoms with E-state index in [1.165, 1.54) is 0 Å². The van der Waals surface area contributed by atoms with E-state index in [9.17, 15) is 8.42 Å². The summed E-state index contributed by atoms with van der Waals surface area (Å²) in [5.74, 6) is 5.59. The first-order valence-electron chi connectivity index (χ1n) is 5.91. The fraction of sp³-hybridized carbons (Fsp3) is 0.143. The molecule has 0 aromatic heterocycles. The summed E-state index contributed by atoms with van der Waals surface area (Å²) < 4.78 is 25.1. The summed E-state index contributed by atoms with van der Waals surface area (Å²) in [6, 6.07) is 18.3. The zero-order valence-electron chi connectivity index (χ0n) is 10.4. The molecule has 0 saturated heterocycles. The molecule has 0 fully saturated rings. The van der Waals surface area contributed by atoms with E-state index < -0.39 is 10.0 Å². The van der Waals surface area contributed by atoms with Gasteiger partial charge in [-0.1, -0.05) is 60.7 Å². The Hall–Kier alpha value is -1.69. The van der Waals surface area contributed by atoms with Gasteiger partial charge in [-0.2, -0.15) is 0 Å². The molecule has 0 unspecified atom stereocenters. The van der Waals surface area contributed by atoms with Crippen molar-refractivity contribution in [3.63, 3.8) is 0 Å². The van der Waals surface area contributed by atoms with Crippen molar-refractivity contribution in [2.75, 3.05) is 0 Å². The van der Waals surface area contributed by atoms with E-state index >= 15 is 0 Å². The van der Waals surface area contributed by atoms with Crippen molar-refractivity contribution in [3.05, 3.63) is 71.8 Å². The Morgan fingerprint density at radius 3 is 1.84 bits per heavy atom. The number of sulfonamides is 1. The highest BCUT2D eigenvalue weighted by Crippen LogP contribution is 2.11. The quantitative estimate of drug-likeness (QED) is 0.670. The third-order valence-corrected chi connectivity index (χ3v) is 4.27. The van der Waals surface area contributed by atoms with Crippen molar-refractivity contribution >= 4 is 10.0 Å². The van der Waals surface area contributed by atoms with Crippen LogP contribution in [0.25, 0.3) is 0 Å². The van der Waals surface area contributed by atoms with Gasteiger partial charge in [-0.25, -0.2) is 8.42 Å². The van der Waals surface area contributed by atoms with Gasteiger partial charge >= 0.3 is 0 Å². The molecule has 0 aliphatic carbocycles. The van der Waals surface area contributed by atoms with Crippen molar-refractivity contribution in [1.29, 1.82) is 0 Å². The number of benzene rings is 2. The third-order valence-electron chi connectivity index (χ3n) is 2.73. The normalized spacial score (nSPS) is 11.7. The number of hydrogen-bond donors (Lipinski definition) is 1. The summed E-state index contributed by atoms with van der Waals surface area (Å²) in [5.41, 5.74) is 1.59. The molecule has 5 heteroatoms. The van der Waals surface area contributed by atoms with Crippen molar-refractivity contribution in [2.24, 2.45) is 5.84 Å². The Morgan fingerprint density at radius 2 is 1.32 bits per heavy atom. The Morgan fingerprint density at radius 1 is 0.842 bits per heavy atom. The van der Waals surface area contributed by atoms with Gasteiger partial charge in [0.05, 0.1) is 12.3 Å². The molecular weight excluding hydrogens is 260 g/mol. The van der Waals surface area contributed by atoms with E-state index in [1.54, 1.807) is 12.1 Å². The van der Waals surface area contributed by atoms with Gasteiger partial charge in [0.15, 0.2) is 0 Å². The lowest BCUT2D eigenvalue weighted by Crippen LogP contribution is -2.37. The molecule has 0 amide bonds. The van der Waals surface area contributed by atoms with Crippen LogP contribution in [0.15, 0.2) is 60.7 Å². The fourth-order valence-corrected chi connectivity index (χ4v) is 2.85. The van der Waals surface area contributed by atoms with Crippen LogP contribution in [0.3, 0.4) is 0 Å². The molecule has 2 aromatic carbocycles. The first-order chi connectivity index (χ1) is 9.08. The molecule has 0 atom stereocenters. The lowest BCUT2D eigenvalue weighted by Gasteiger charge is -2.16. The summed E-state index contributed by atoms with van der Waals surface area (Å²) in [6.45, 7) is 0.177. The van der Waals surface area contributed by atoms with Crippen LogP contribution in [0.1, 0.15) is 11.1 Å². The summed E-state index contributed by atoms with van der Waals surface area (Å²) in [7, 11) is -3.50. The minimum Gasteiger partial charge on any atom is -0.255 e. The molecule has 0 spiro atoms. The predicted octanol–water partition coefficient (Wildman–Crippen LogP) is 1.89. The molecule has 0 radical (unpaired) electrons. The maximum absolute atomic E-state index is 12.1. The highest BCUT2D eigenvalue weighted by atomic mass is 32.2. The zero-order valence-corrected chi connectivity index (χ0v) is 11.3. The lowest BCUT2D eigenvalue weighted by molar-refractivity contribution is 0.421. The van der Waals surface area contributed by atoms with Crippen molar-refractivity contribution in [2.45, 2.75) is 12.3 Å².